The molecule has 0 aliphatic heterocycles. The van der Waals surface area contributed by atoms with Crippen LogP contribution in [0.1, 0.15) is 27.9 Å². The van der Waals surface area contributed by atoms with Gasteiger partial charge in [0.15, 0.2) is 11.0 Å². The van der Waals surface area contributed by atoms with Gasteiger partial charge < -0.3 is 15.1 Å². The average molecular weight is 583 g/mol. The maximum Gasteiger partial charge on any atom is 0.261 e. The van der Waals surface area contributed by atoms with Gasteiger partial charge >= 0.3 is 0 Å². The molecule has 0 radical (unpaired) electrons. The molecule has 212 valence electrons. The highest BCUT2D eigenvalue weighted by Crippen LogP contribution is 2.27. The molecule has 0 fully saturated rings. The Hall–Kier alpha value is -3.44. The fourth-order valence-electron chi connectivity index (χ4n) is 3.94. The Morgan fingerprint density at radius 3 is 2.30 bits per heavy atom. The van der Waals surface area contributed by atoms with Crippen LogP contribution in [0.25, 0.3) is 22.3 Å². The van der Waals surface area contributed by atoms with Crippen molar-refractivity contribution in [3.05, 3.63) is 99.7 Å². The van der Waals surface area contributed by atoms with Crippen molar-refractivity contribution in [2.24, 2.45) is 0 Å². The molecule has 0 atom stereocenters. The molecule has 0 unspecified atom stereocenters. The van der Waals surface area contributed by atoms with E-state index in [9.17, 15) is 18.0 Å². The number of carbonyl (C=O) groups is 1. The zero-order chi connectivity index (χ0) is 29.1. The Balaban J connectivity index is 0.000000810. The van der Waals surface area contributed by atoms with Crippen LogP contribution in [0.2, 0.25) is 0 Å². The molecule has 1 aromatic heterocycles. The smallest absolute Gasteiger partial charge is 0.261 e. The van der Waals surface area contributed by atoms with Crippen LogP contribution in [0.3, 0.4) is 0 Å². The van der Waals surface area contributed by atoms with E-state index in [2.05, 4.69) is 41.8 Å². The first-order valence-electron chi connectivity index (χ1n) is 12.8. The third-order valence-electron chi connectivity index (χ3n) is 5.87. The number of amides is 1. The summed E-state index contributed by atoms with van der Waals surface area (Å²) in [6.07, 6.45) is 1.52. The first-order valence-corrected chi connectivity index (χ1v) is 15.6. The van der Waals surface area contributed by atoms with Gasteiger partial charge in [-0.2, -0.15) is 8.42 Å². The Labute approximate surface area is 238 Å². The highest BCUT2D eigenvalue weighted by atomic mass is 32.2. The first kappa shape index (κ1) is 31.1. The number of aryl methyl sites for hydroxylation is 1. The van der Waals surface area contributed by atoms with Gasteiger partial charge in [-0.3, -0.25) is 14.1 Å². The van der Waals surface area contributed by atoms with Gasteiger partial charge in [-0.25, -0.2) is 0 Å². The van der Waals surface area contributed by atoms with Crippen LogP contribution in [0.4, 0.5) is 0 Å². The van der Waals surface area contributed by atoms with Crippen molar-refractivity contribution in [3.63, 3.8) is 0 Å². The summed E-state index contributed by atoms with van der Waals surface area (Å²) in [7, 11) is -3.67. The van der Waals surface area contributed by atoms with Crippen molar-refractivity contribution < 1.29 is 22.2 Å². The topological polar surface area (TPSA) is 126 Å². The molecule has 0 bridgehead atoms. The molecule has 0 spiro atoms. The summed E-state index contributed by atoms with van der Waals surface area (Å²) in [5, 5.41) is 6.81. The number of carbonyl (C=O) groups excluding carboxylic acids is 1. The van der Waals surface area contributed by atoms with Gasteiger partial charge in [0, 0.05) is 34.9 Å². The highest BCUT2D eigenvalue weighted by molar-refractivity contribution is 7.99. The van der Waals surface area contributed by atoms with Crippen LogP contribution in [0.5, 0.6) is 0 Å². The van der Waals surface area contributed by atoms with Gasteiger partial charge in [0.2, 0.25) is 0 Å². The van der Waals surface area contributed by atoms with Gasteiger partial charge in [0.1, 0.15) is 5.76 Å². The van der Waals surface area contributed by atoms with Crippen molar-refractivity contribution in [2.45, 2.75) is 25.2 Å². The molecule has 1 amide bonds. The normalized spacial score (nSPS) is 11.1. The maximum absolute atomic E-state index is 13.0. The molecule has 4 rings (SSSR count). The molecular formula is C30H34N2O6S2. The monoisotopic (exact) mass is 582 g/mol. The van der Waals surface area contributed by atoms with Gasteiger partial charge in [-0.15, -0.1) is 11.8 Å². The third kappa shape index (κ3) is 9.34. The van der Waals surface area contributed by atoms with Crippen LogP contribution >= 0.6 is 11.8 Å². The summed E-state index contributed by atoms with van der Waals surface area (Å²) in [5.74, 6) is 1.25. The predicted molar refractivity (Wildman–Crippen MR) is 162 cm³/mol. The van der Waals surface area contributed by atoms with Crippen molar-refractivity contribution in [3.8, 4) is 11.3 Å². The summed E-state index contributed by atoms with van der Waals surface area (Å²) in [6.45, 7) is 6.14. The van der Waals surface area contributed by atoms with Gasteiger partial charge in [-0.1, -0.05) is 54.6 Å². The number of hydrogen-bond acceptors (Lipinski definition) is 7. The second kappa shape index (κ2) is 14.8. The zero-order valence-electron chi connectivity index (χ0n) is 22.8. The molecule has 0 saturated heterocycles. The first-order chi connectivity index (χ1) is 19.1. The van der Waals surface area contributed by atoms with Crippen molar-refractivity contribution >= 4 is 38.8 Å². The van der Waals surface area contributed by atoms with E-state index in [0.717, 1.165) is 30.8 Å². The minimum atomic E-state index is -3.67. The minimum Gasteiger partial charge on any atom is -0.455 e. The third-order valence-corrected chi connectivity index (χ3v) is 7.05. The number of thioether (sulfide) groups is 1. The van der Waals surface area contributed by atoms with E-state index in [-0.39, 0.29) is 11.3 Å². The summed E-state index contributed by atoms with van der Waals surface area (Å²) in [6, 6.07) is 23.0. The summed E-state index contributed by atoms with van der Waals surface area (Å²) in [5.41, 5.74) is 3.23. The van der Waals surface area contributed by atoms with Gasteiger partial charge in [0.05, 0.1) is 17.2 Å². The molecule has 3 N–H and O–H groups in total. The van der Waals surface area contributed by atoms with Crippen LogP contribution < -0.4 is 16.1 Å². The summed E-state index contributed by atoms with van der Waals surface area (Å²) >= 11 is 1.85. The number of benzene rings is 3. The molecule has 0 aliphatic rings. The zero-order valence-corrected chi connectivity index (χ0v) is 24.4. The van der Waals surface area contributed by atoms with E-state index in [1.165, 1.54) is 10.5 Å². The van der Waals surface area contributed by atoms with Crippen molar-refractivity contribution in [2.75, 3.05) is 31.6 Å². The molecule has 4 aromatic rings. The minimum absolute atomic E-state index is 0.118. The van der Waals surface area contributed by atoms with Crippen LogP contribution in [-0.2, 0) is 10.1 Å². The fourth-order valence-corrected chi connectivity index (χ4v) is 4.88. The van der Waals surface area contributed by atoms with Crippen molar-refractivity contribution in [1.82, 2.24) is 10.6 Å². The fraction of sp³-hybridized carbons (Fsp3) is 0.267. The van der Waals surface area contributed by atoms with Crippen LogP contribution in [0, 0.1) is 13.8 Å². The number of para-hydroxylation sites is 1. The van der Waals surface area contributed by atoms with Crippen molar-refractivity contribution in [1.29, 1.82) is 0 Å². The number of nitrogens with one attached hydrogen (secondary N) is 2. The molecular weight excluding hydrogens is 548 g/mol. The van der Waals surface area contributed by atoms with Gasteiger partial charge in [-0.05, 0) is 50.6 Å². The molecule has 0 aliphatic carbocycles. The Morgan fingerprint density at radius 1 is 0.925 bits per heavy atom. The molecule has 3 aromatic carbocycles. The van der Waals surface area contributed by atoms with E-state index in [0.29, 0.717) is 40.7 Å². The van der Waals surface area contributed by atoms with Gasteiger partial charge in [0.25, 0.3) is 16.0 Å². The largest absolute Gasteiger partial charge is 0.455 e. The van der Waals surface area contributed by atoms with E-state index < -0.39 is 10.1 Å². The molecule has 0 saturated carbocycles. The molecule has 10 heteroatoms. The van der Waals surface area contributed by atoms with Crippen LogP contribution in [-0.4, -0.2) is 50.5 Å². The maximum atomic E-state index is 13.0. The standard InChI is InChI=1S/C29H30N2O3S.CH4O3S/c1-20-10-6-7-15-25(20)35-19-18-30-16-9-17-31-29(33)24-14-8-13-23-26(32)21(2)27(34-28(23)24)22-11-4-3-5-12-22;1-5(2,3)4/h3-8,10-15,30H,9,16-19H2,1-2H3,(H,31,33);1H3,(H,2,3,4). The molecule has 8 nitrogen and oxygen atoms in total. The lowest BCUT2D eigenvalue weighted by Gasteiger charge is -2.11. The predicted octanol–water partition coefficient (Wildman–Crippen LogP) is 5.08. The summed E-state index contributed by atoms with van der Waals surface area (Å²) in [4.78, 5) is 27.2. The molecule has 40 heavy (non-hydrogen) atoms. The lowest BCUT2D eigenvalue weighted by molar-refractivity contribution is 0.0954. The Kier molecular flexibility index (Phi) is 11.5. The Morgan fingerprint density at radius 2 is 1.60 bits per heavy atom. The highest BCUT2D eigenvalue weighted by Gasteiger charge is 2.18. The SMILES string of the molecule is CS(=O)(=O)O.Cc1ccccc1SCCNCCCNC(=O)c1cccc2c(=O)c(C)c(-c3ccccc3)oc12. The lowest BCUT2D eigenvalue weighted by atomic mass is 10.0. The van der Waals surface area contributed by atoms with E-state index >= 15 is 0 Å². The second-order valence-corrected chi connectivity index (χ2v) is 11.7. The number of fused-ring (bicyclic) bond motifs is 1. The Bertz CT molecular complexity index is 1590. The second-order valence-electron chi connectivity index (χ2n) is 9.14. The number of hydrogen-bond donors (Lipinski definition) is 3. The number of rotatable bonds is 10. The van der Waals surface area contributed by atoms with E-state index in [1.807, 2.05) is 42.1 Å². The average Bonchev–Trinajstić information content (AvgIpc) is 2.92. The quantitative estimate of drug-likeness (QED) is 0.134. The lowest BCUT2D eigenvalue weighted by Crippen LogP contribution is -2.28. The summed E-state index contributed by atoms with van der Waals surface area (Å²) < 4.78 is 32.0. The van der Waals surface area contributed by atoms with E-state index in [4.69, 9.17) is 8.97 Å². The van der Waals surface area contributed by atoms with E-state index in [1.54, 1.807) is 25.1 Å². The molecule has 1 heterocycles. The van der Waals surface area contributed by atoms with Crippen LogP contribution in [0.15, 0.2) is 86.9 Å².